The van der Waals surface area contributed by atoms with Crippen molar-refractivity contribution in [3.8, 4) is 5.75 Å². The molecule has 0 unspecified atom stereocenters. The lowest BCUT2D eigenvalue weighted by Crippen LogP contribution is -2.35. The van der Waals surface area contributed by atoms with E-state index in [0.29, 0.717) is 22.9 Å². The molecule has 0 spiro atoms. The van der Waals surface area contributed by atoms with Gasteiger partial charge in [-0.1, -0.05) is 35.9 Å². The predicted octanol–water partition coefficient (Wildman–Crippen LogP) is 3.89. The van der Waals surface area contributed by atoms with Gasteiger partial charge in [0, 0.05) is 31.2 Å². The van der Waals surface area contributed by atoms with Gasteiger partial charge in [0.25, 0.3) is 5.91 Å². The molecule has 0 atom stereocenters. The summed E-state index contributed by atoms with van der Waals surface area (Å²) in [5.74, 6) is 0.342. The Balaban J connectivity index is 1.63. The van der Waals surface area contributed by atoms with Crippen LogP contribution in [0.5, 0.6) is 5.75 Å². The van der Waals surface area contributed by atoms with E-state index in [0.717, 1.165) is 38.4 Å². The van der Waals surface area contributed by atoms with Crippen molar-refractivity contribution in [3.63, 3.8) is 0 Å². The normalized spacial score (nSPS) is 14.9. The molecule has 0 radical (unpaired) electrons. The van der Waals surface area contributed by atoms with Crippen LogP contribution in [0.1, 0.15) is 35.3 Å². The minimum absolute atomic E-state index is 0.0235. The molecule has 5 nitrogen and oxygen atoms in total. The first-order valence-corrected chi connectivity index (χ1v) is 10.0. The van der Waals surface area contributed by atoms with Crippen molar-refractivity contribution in [2.45, 2.75) is 33.0 Å². The van der Waals surface area contributed by atoms with Gasteiger partial charge in [0.05, 0.1) is 24.9 Å². The Morgan fingerprint density at radius 2 is 1.93 bits per heavy atom. The topological polar surface area (TPSA) is 50.8 Å². The van der Waals surface area contributed by atoms with Crippen LogP contribution >= 0.6 is 11.6 Å². The minimum Gasteiger partial charge on any atom is -0.490 e. The number of amides is 1. The van der Waals surface area contributed by atoms with Crippen molar-refractivity contribution in [1.29, 1.82) is 0 Å². The number of carbonyl (C=O) groups is 1. The Morgan fingerprint density at radius 1 is 1.18 bits per heavy atom. The third-order valence-electron chi connectivity index (χ3n) is 4.50. The van der Waals surface area contributed by atoms with Crippen LogP contribution in [0.4, 0.5) is 0 Å². The molecule has 2 aromatic rings. The zero-order chi connectivity index (χ0) is 19.9. The van der Waals surface area contributed by atoms with Gasteiger partial charge in [0.2, 0.25) is 0 Å². The highest BCUT2D eigenvalue weighted by atomic mass is 35.5. The number of nitrogens with zero attached hydrogens (tertiary/aromatic N) is 1. The molecular weight excluding hydrogens is 376 g/mol. The van der Waals surface area contributed by atoms with Crippen LogP contribution < -0.4 is 10.1 Å². The highest BCUT2D eigenvalue weighted by molar-refractivity contribution is 6.31. The van der Waals surface area contributed by atoms with Gasteiger partial charge in [-0.2, -0.15) is 0 Å². The average molecular weight is 403 g/mol. The maximum Gasteiger partial charge on any atom is 0.255 e. The van der Waals surface area contributed by atoms with Crippen LogP contribution in [-0.2, 0) is 17.8 Å². The Hall–Kier alpha value is -2.08. The largest absolute Gasteiger partial charge is 0.490 e. The van der Waals surface area contributed by atoms with Gasteiger partial charge >= 0.3 is 0 Å². The van der Waals surface area contributed by atoms with Crippen molar-refractivity contribution >= 4 is 17.5 Å². The van der Waals surface area contributed by atoms with E-state index in [1.54, 1.807) is 18.2 Å². The smallest absolute Gasteiger partial charge is 0.255 e. The van der Waals surface area contributed by atoms with Crippen LogP contribution in [0.3, 0.4) is 0 Å². The third-order valence-corrected chi connectivity index (χ3v) is 4.74. The lowest BCUT2D eigenvalue weighted by atomic mass is 10.1. The second kappa shape index (κ2) is 9.92. The first kappa shape index (κ1) is 20.6. The molecule has 1 amide bonds. The average Bonchev–Trinajstić information content (AvgIpc) is 2.68. The second-order valence-corrected chi connectivity index (χ2v) is 7.63. The van der Waals surface area contributed by atoms with Crippen LogP contribution in [0.15, 0.2) is 42.5 Å². The summed E-state index contributed by atoms with van der Waals surface area (Å²) in [6.07, 6.45) is -0.0235. The van der Waals surface area contributed by atoms with Crippen LogP contribution in [0.25, 0.3) is 0 Å². The number of hydrogen-bond donors (Lipinski definition) is 1. The molecule has 0 saturated carbocycles. The van der Waals surface area contributed by atoms with Gasteiger partial charge in [0.1, 0.15) is 5.75 Å². The zero-order valence-corrected chi connectivity index (χ0v) is 17.2. The van der Waals surface area contributed by atoms with Gasteiger partial charge in [-0.25, -0.2) is 0 Å². The van der Waals surface area contributed by atoms with Gasteiger partial charge in [0.15, 0.2) is 0 Å². The van der Waals surface area contributed by atoms with Gasteiger partial charge < -0.3 is 14.8 Å². The number of nitrogens with one attached hydrogen (secondary N) is 1. The number of morpholine rings is 1. The second-order valence-electron chi connectivity index (χ2n) is 7.20. The zero-order valence-electron chi connectivity index (χ0n) is 16.4. The van der Waals surface area contributed by atoms with E-state index in [1.165, 1.54) is 5.56 Å². The van der Waals surface area contributed by atoms with Crippen molar-refractivity contribution < 1.29 is 14.3 Å². The van der Waals surface area contributed by atoms with Crippen molar-refractivity contribution in [2.75, 3.05) is 26.3 Å². The van der Waals surface area contributed by atoms with Crippen molar-refractivity contribution in [2.24, 2.45) is 0 Å². The molecule has 1 aliphatic rings. The van der Waals surface area contributed by atoms with E-state index in [9.17, 15) is 4.79 Å². The number of halogens is 1. The highest BCUT2D eigenvalue weighted by Crippen LogP contribution is 2.24. The van der Waals surface area contributed by atoms with Crippen molar-refractivity contribution in [3.05, 3.63) is 64.2 Å². The summed E-state index contributed by atoms with van der Waals surface area (Å²) in [6.45, 7) is 8.68. The summed E-state index contributed by atoms with van der Waals surface area (Å²) >= 11 is 6.08. The Kier molecular flexibility index (Phi) is 7.31. The molecule has 1 saturated heterocycles. The van der Waals surface area contributed by atoms with E-state index in [-0.39, 0.29) is 12.0 Å². The third kappa shape index (κ3) is 5.96. The van der Waals surface area contributed by atoms with Gasteiger partial charge in [-0.3, -0.25) is 9.69 Å². The van der Waals surface area contributed by atoms with Gasteiger partial charge in [-0.15, -0.1) is 0 Å². The fourth-order valence-electron chi connectivity index (χ4n) is 3.17. The number of ether oxygens (including phenoxy) is 2. The highest BCUT2D eigenvalue weighted by Gasteiger charge is 2.15. The Labute approximate surface area is 171 Å². The first-order chi connectivity index (χ1) is 13.5. The minimum atomic E-state index is -0.197. The molecule has 1 N–H and O–H groups in total. The molecule has 6 heteroatoms. The molecule has 0 aromatic heterocycles. The molecule has 1 aliphatic heterocycles. The molecule has 150 valence electrons. The summed E-state index contributed by atoms with van der Waals surface area (Å²) in [5.41, 5.74) is 2.75. The molecule has 0 bridgehead atoms. The molecule has 2 aromatic carbocycles. The fraction of sp³-hybridized carbons (Fsp3) is 0.409. The van der Waals surface area contributed by atoms with Crippen LogP contribution in [-0.4, -0.2) is 43.2 Å². The quantitative estimate of drug-likeness (QED) is 0.763. The summed E-state index contributed by atoms with van der Waals surface area (Å²) in [4.78, 5) is 15.1. The molecule has 1 heterocycles. The number of carbonyl (C=O) groups excluding carboxylic acids is 1. The molecule has 0 aliphatic carbocycles. The number of hydrogen-bond acceptors (Lipinski definition) is 4. The lowest BCUT2D eigenvalue weighted by molar-refractivity contribution is 0.0342. The van der Waals surface area contributed by atoms with E-state index < -0.39 is 0 Å². The predicted molar refractivity (Wildman–Crippen MR) is 111 cm³/mol. The standard InChI is InChI=1S/C22H27ClN2O3/c1-16(2)28-21-7-6-19(23)13-20(21)22(26)24-14-17-4-3-5-18(12-17)15-25-8-10-27-11-9-25/h3-7,12-13,16H,8-11,14-15H2,1-2H3,(H,24,26). The monoisotopic (exact) mass is 402 g/mol. The maximum atomic E-state index is 12.7. The maximum absolute atomic E-state index is 12.7. The lowest BCUT2D eigenvalue weighted by Gasteiger charge is -2.26. The van der Waals surface area contributed by atoms with Crippen LogP contribution in [0, 0.1) is 0 Å². The summed E-state index contributed by atoms with van der Waals surface area (Å²) in [6, 6.07) is 13.4. The summed E-state index contributed by atoms with van der Waals surface area (Å²) < 4.78 is 11.1. The van der Waals surface area contributed by atoms with E-state index >= 15 is 0 Å². The first-order valence-electron chi connectivity index (χ1n) is 9.63. The summed E-state index contributed by atoms with van der Waals surface area (Å²) in [5, 5.41) is 3.48. The van der Waals surface area contributed by atoms with E-state index in [4.69, 9.17) is 21.1 Å². The fourth-order valence-corrected chi connectivity index (χ4v) is 3.34. The summed E-state index contributed by atoms with van der Waals surface area (Å²) in [7, 11) is 0. The number of benzene rings is 2. The Morgan fingerprint density at radius 3 is 2.68 bits per heavy atom. The SMILES string of the molecule is CC(C)Oc1ccc(Cl)cc1C(=O)NCc1cccc(CN2CCOCC2)c1. The molecule has 1 fully saturated rings. The molecular formula is C22H27ClN2O3. The van der Waals surface area contributed by atoms with E-state index in [1.807, 2.05) is 26.0 Å². The van der Waals surface area contributed by atoms with Crippen molar-refractivity contribution in [1.82, 2.24) is 10.2 Å². The number of rotatable bonds is 7. The van der Waals surface area contributed by atoms with Gasteiger partial charge in [-0.05, 0) is 43.2 Å². The molecule has 3 rings (SSSR count). The molecule has 28 heavy (non-hydrogen) atoms. The Bertz CT molecular complexity index is 804. The van der Waals surface area contributed by atoms with E-state index in [2.05, 4.69) is 22.3 Å². The van der Waals surface area contributed by atoms with Crippen LogP contribution in [0.2, 0.25) is 5.02 Å².